The largest absolute Gasteiger partial charge is 0.496 e. The zero-order valence-electron chi connectivity index (χ0n) is 11.1. The minimum atomic E-state index is -0.981. The summed E-state index contributed by atoms with van der Waals surface area (Å²) in [5.41, 5.74) is 8.10. The molecule has 0 unspecified atom stereocenters. The van der Waals surface area contributed by atoms with Gasteiger partial charge in [0.15, 0.2) is 0 Å². The third-order valence-electron chi connectivity index (χ3n) is 2.96. The lowest BCUT2D eigenvalue weighted by Crippen LogP contribution is -2.06. The maximum absolute atomic E-state index is 11.0. The van der Waals surface area contributed by atoms with E-state index >= 15 is 0 Å². The highest BCUT2D eigenvalue weighted by Gasteiger charge is 2.07. The van der Waals surface area contributed by atoms with E-state index in [1.165, 1.54) is 12.1 Å². The summed E-state index contributed by atoms with van der Waals surface area (Å²) in [6, 6.07) is 12.2. The van der Waals surface area contributed by atoms with Crippen molar-refractivity contribution >= 4 is 17.3 Å². The molecule has 0 heterocycles. The van der Waals surface area contributed by atoms with E-state index in [0.717, 1.165) is 11.3 Å². The number of hydrogen-bond acceptors (Lipinski definition) is 4. The van der Waals surface area contributed by atoms with Crippen LogP contribution in [0.4, 0.5) is 11.4 Å². The Morgan fingerprint density at radius 2 is 2.05 bits per heavy atom. The van der Waals surface area contributed by atoms with Gasteiger partial charge in [-0.1, -0.05) is 18.2 Å². The van der Waals surface area contributed by atoms with Gasteiger partial charge in [-0.2, -0.15) is 0 Å². The second kappa shape index (κ2) is 5.97. The highest BCUT2D eigenvalue weighted by molar-refractivity contribution is 5.90. The number of nitrogens with one attached hydrogen (secondary N) is 1. The van der Waals surface area contributed by atoms with Crippen LogP contribution in [0.1, 0.15) is 15.9 Å². The van der Waals surface area contributed by atoms with Crippen LogP contribution >= 0.6 is 0 Å². The van der Waals surface area contributed by atoms with E-state index in [2.05, 4.69) is 5.32 Å². The predicted molar refractivity (Wildman–Crippen MR) is 78.1 cm³/mol. The van der Waals surface area contributed by atoms with Gasteiger partial charge >= 0.3 is 5.97 Å². The van der Waals surface area contributed by atoms with E-state index < -0.39 is 5.97 Å². The minimum absolute atomic E-state index is 0.196. The van der Waals surface area contributed by atoms with Gasteiger partial charge in [0, 0.05) is 12.1 Å². The van der Waals surface area contributed by atoms with Crippen molar-refractivity contribution in [3.63, 3.8) is 0 Å². The zero-order chi connectivity index (χ0) is 14.5. The van der Waals surface area contributed by atoms with Crippen LogP contribution in [0.15, 0.2) is 42.5 Å². The molecular weight excluding hydrogens is 256 g/mol. The Morgan fingerprint density at radius 1 is 1.30 bits per heavy atom. The number of methoxy groups -OCH3 is 1. The number of anilines is 2. The fourth-order valence-electron chi connectivity index (χ4n) is 1.88. The average Bonchev–Trinajstić information content (AvgIpc) is 2.46. The lowest BCUT2D eigenvalue weighted by atomic mass is 10.1. The maximum Gasteiger partial charge on any atom is 0.335 e. The van der Waals surface area contributed by atoms with Gasteiger partial charge in [0.1, 0.15) is 5.75 Å². The monoisotopic (exact) mass is 272 g/mol. The molecule has 0 atom stereocenters. The molecule has 0 aromatic heterocycles. The molecule has 4 N–H and O–H groups in total. The molecule has 0 radical (unpaired) electrons. The molecule has 5 heteroatoms. The molecule has 0 saturated heterocycles. The highest BCUT2D eigenvalue weighted by atomic mass is 16.5. The number of nitrogens with two attached hydrogens (primary N) is 1. The van der Waals surface area contributed by atoms with E-state index in [1.54, 1.807) is 13.2 Å². The first-order valence-corrected chi connectivity index (χ1v) is 6.10. The zero-order valence-corrected chi connectivity index (χ0v) is 11.1. The Kier molecular flexibility index (Phi) is 4.10. The number of benzene rings is 2. The molecule has 0 amide bonds. The molecule has 2 rings (SSSR count). The van der Waals surface area contributed by atoms with E-state index in [4.69, 9.17) is 15.6 Å². The van der Waals surface area contributed by atoms with Crippen LogP contribution in [0.25, 0.3) is 0 Å². The summed E-state index contributed by atoms with van der Waals surface area (Å²) in [6.07, 6.45) is 0. The van der Waals surface area contributed by atoms with E-state index in [-0.39, 0.29) is 5.56 Å². The first-order chi connectivity index (χ1) is 9.61. The number of ether oxygens (including phenoxy) is 1. The lowest BCUT2D eigenvalue weighted by Gasteiger charge is -2.12. The van der Waals surface area contributed by atoms with Crippen molar-refractivity contribution in [2.45, 2.75) is 6.54 Å². The number of carbonyl (C=O) groups is 1. The molecule has 0 saturated carbocycles. The number of carboxylic acid groups (broad SMARTS) is 1. The van der Waals surface area contributed by atoms with Crippen LogP contribution in [0.3, 0.4) is 0 Å². The maximum atomic E-state index is 11.0. The molecular formula is C15H16N2O3. The van der Waals surface area contributed by atoms with Gasteiger partial charge in [-0.25, -0.2) is 4.79 Å². The van der Waals surface area contributed by atoms with Gasteiger partial charge in [0.2, 0.25) is 0 Å². The molecule has 0 aliphatic carbocycles. The molecule has 0 bridgehead atoms. The van der Waals surface area contributed by atoms with Gasteiger partial charge in [0.05, 0.1) is 24.0 Å². The Hall–Kier alpha value is -2.69. The van der Waals surface area contributed by atoms with Crippen LogP contribution in [0.2, 0.25) is 0 Å². The summed E-state index contributed by atoms with van der Waals surface area (Å²) in [6.45, 7) is 0.497. The van der Waals surface area contributed by atoms with Crippen molar-refractivity contribution in [3.05, 3.63) is 53.6 Å². The molecule has 0 fully saturated rings. The van der Waals surface area contributed by atoms with Crippen LogP contribution in [0.5, 0.6) is 5.75 Å². The van der Waals surface area contributed by atoms with Gasteiger partial charge in [-0.3, -0.25) is 0 Å². The normalized spacial score (nSPS) is 10.1. The van der Waals surface area contributed by atoms with Gasteiger partial charge in [-0.15, -0.1) is 0 Å². The smallest absolute Gasteiger partial charge is 0.335 e. The van der Waals surface area contributed by atoms with Crippen molar-refractivity contribution in [1.82, 2.24) is 0 Å². The van der Waals surface area contributed by atoms with Crippen molar-refractivity contribution < 1.29 is 14.6 Å². The van der Waals surface area contributed by atoms with Crippen molar-refractivity contribution in [1.29, 1.82) is 0 Å². The summed E-state index contributed by atoms with van der Waals surface area (Å²) >= 11 is 0. The molecule has 20 heavy (non-hydrogen) atoms. The van der Waals surface area contributed by atoms with E-state index in [1.807, 2.05) is 24.3 Å². The third-order valence-corrected chi connectivity index (χ3v) is 2.96. The second-order valence-corrected chi connectivity index (χ2v) is 4.27. The number of aromatic carboxylic acids is 1. The fraction of sp³-hybridized carbons (Fsp3) is 0.133. The van der Waals surface area contributed by atoms with Crippen LogP contribution < -0.4 is 15.8 Å². The van der Waals surface area contributed by atoms with Crippen molar-refractivity contribution in [3.8, 4) is 5.75 Å². The van der Waals surface area contributed by atoms with Crippen LogP contribution in [0, 0.1) is 0 Å². The molecule has 2 aromatic rings. The van der Waals surface area contributed by atoms with Gasteiger partial charge in [-0.05, 0) is 24.3 Å². The molecule has 0 spiro atoms. The molecule has 2 aromatic carbocycles. The van der Waals surface area contributed by atoms with Gasteiger partial charge < -0.3 is 20.9 Å². The number of hydrogen-bond donors (Lipinski definition) is 3. The number of nitrogen functional groups attached to an aromatic ring is 1. The first-order valence-electron chi connectivity index (χ1n) is 6.10. The summed E-state index contributed by atoms with van der Waals surface area (Å²) in [4.78, 5) is 11.0. The van der Waals surface area contributed by atoms with Crippen molar-refractivity contribution in [2.24, 2.45) is 0 Å². The van der Waals surface area contributed by atoms with Crippen molar-refractivity contribution in [2.75, 3.05) is 18.2 Å². The fourth-order valence-corrected chi connectivity index (χ4v) is 1.88. The molecule has 104 valence electrons. The topological polar surface area (TPSA) is 84.6 Å². The molecule has 0 aliphatic rings. The van der Waals surface area contributed by atoms with Crippen LogP contribution in [-0.2, 0) is 6.54 Å². The number of carboxylic acids is 1. The minimum Gasteiger partial charge on any atom is -0.496 e. The average molecular weight is 272 g/mol. The summed E-state index contributed by atoms with van der Waals surface area (Å²) in [5.74, 6) is -0.210. The number of rotatable bonds is 5. The number of para-hydroxylation sites is 1. The Labute approximate surface area is 117 Å². The Balaban J connectivity index is 2.18. The second-order valence-electron chi connectivity index (χ2n) is 4.27. The van der Waals surface area contributed by atoms with Gasteiger partial charge in [0.25, 0.3) is 0 Å². The highest BCUT2D eigenvalue weighted by Crippen LogP contribution is 2.23. The summed E-state index contributed by atoms with van der Waals surface area (Å²) < 4.78 is 5.26. The Morgan fingerprint density at radius 3 is 2.75 bits per heavy atom. The summed E-state index contributed by atoms with van der Waals surface area (Å²) in [5, 5.41) is 12.1. The lowest BCUT2D eigenvalue weighted by molar-refractivity contribution is 0.0697. The predicted octanol–water partition coefficient (Wildman–Crippen LogP) is 2.59. The standard InChI is InChI=1S/C15H16N2O3/c1-20-14-5-3-2-4-11(14)9-17-13-8-10(15(18)19)6-7-12(13)16/h2-8,17H,9,16H2,1H3,(H,18,19). The van der Waals surface area contributed by atoms with E-state index in [0.29, 0.717) is 17.9 Å². The molecule has 0 aliphatic heterocycles. The quantitative estimate of drug-likeness (QED) is 0.728. The third kappa shape index (κ3) is 3.00. The van der Waals surface area contributed by atoms with Crippen LogP contribution in [-0.4, -0.2) is 18.2 Å². The summed E-state index contributed by atoms with van der Waals surface area (Å²) in [7, 11) is 1.61. The SMILES string of the molecule is COc1ccccc1CNc1cc(C(=O)O)ccc1N. The first kappa shape index (κ1) is 13.7. The van der Waals surface area contributed by atoms with E-state index in [9.17, 15) is 4.79 Å². The molecule has 5 nitrogen and oxygen atoms in total. The Bertz CT molecular complexity index is 626.